The summed E-state index contributed by atoms with van der Waals surface area (Å²) in [7, 11) is 0. The van der Waals surface area contributed by atoms with E-state index in [1.807, 2.05) is 0 Å². The number of hydrogen-bond acceptors (Lipinski definition) is 3. The fourth-order valence-electron chi connectivity index (χ4n) is 1.78. The minimum absolute atomic E-state index is 0.0162. The van der Waals surface area contributed by atoms with Gasteiger partial charge in [0.25, 0.3) is 0 Å². The van der Waals surface area contributed by atoms with Crippen molar-refractivity contribution < 1.29 is 14.3 Å². The fraction of sp³-hybridized carbons (Fsp3) is 0.818. The van der Waals surface area contributed by atoms with Crippen molar-refractivity contribution in [3.63, 3.8) is 0 Å². The first-order valence-electron chi connectivity index (χ1n) is 5.80. The molecule has 0 spiro atoms. The number of carbonyl (C=O) groups excluding carboxylic acids is 2. The molecule has 1 saturated carbocycles. The second kappa shape index (κ2) is 6.48. The van der Waals surface area contributed by atoms with E-state index in [2.05, 4.69) is 5.32 Å². The molecule has 1 fully saturated rings. The Morgan fingerprint density at radius 2 is 2.00 bits per heavy atom. The van der Waals surface area contributed by atoms with Crippen LogP contribution in [0.5, 0.6) is 0 Å². The second-order valence-corrected chi connectivity index (χ2v) is 4.26. The molecule has 1 aliphatic rings. The van der Waals surface area contributed by atoms with E-state index in [1.165, 1.54) is 19.3 Å². The molecular formula is C11H20N2O3. The average molecular weight is 228 g/mol. The highest BCUT2D eigenvalue weighted by molar-refractivity contribution is 5.86. The van der Waals surface area contributed by atoms with Crippen molar-refractivity contribution in [3.05, 3.63) is 0 Å². The molecule has 1 aliphatic carbocycles. The Morgan fingerprint density at radius 3 is 2.56 bits per heavy atom. The van der Waals surface area contributed by atoms with Gasteiger partial charge in [0.1, 0.15) is 12.6 Å². The van der Waals surface area contributed by atoms with Crippen LogP contribution < -0.4 is 11.1 Å². The smallest absolute Gasteiger partial charge is 0.246 e. The molecule has 0 bridgehead atoms. The summed E-state index contributed by atoms with van der Waals surface area (Å²) in [4.78, 5) is 22.1. The van der Waals surface area contributed by atoms with E-state index in [0.717, 1.165) is 12.8 Å². The number of nitrogens with two attached hydrogens (primary N) is 1. The zero-order valence-electron chi connectivity index (χ0n) is 9.70. The van der Waals surface area contributed by atoms with Crippen molar-refractivity contribution in [2.45, 2.75) is 51.2 Å². The van der Waals surface area contributed by atoms with Crippen LogP contribution in [0, 0.1) is 0 Å². The van der Waals surface area contributed by atoms with Gasteiger partial charge in [-0.15, -0.1) is 0 Å². The van der Waals surface area contributed by atoms with Gasteiger partial charge in [-0.2, -0.15) is 0 Å². The highest BCUT2D eigenvalue weighted by Crippen LogP contribution is 2.19. The van der Waals surface area contributed by atoms with Gasteiger partial charge < -0.3 is 15.8 Å². The molecule has 0 radical (unpaired) electrons. The van der Waals surface area contributed by atoms with Gasteiger partial charge in [0.05, 0.1) is 6.10 Å². The van der Waals surface area contributed by atoms with Crippen molar-refractivity contribution in [1.29, 1.82) is 0 Å². The van der Waals surface area contributed by atoms with Crippen molar-refractivity contribution >= 4 is 11.8 Å². The second-order valence-electron chi connectivity index (χ2n) is 4.26. The van der Waals surface area contributed by atoms with Crippen molar-refractivity contribution in [3.8, 4) is 0 Å². The van der Waals surface area contributed by atoms with E-state index in [-0.39, 0.29) is 18.6 Å². The molecule has 0 saturated heterocycles. The molecule has 0 aromatic carbocycles. The van der Waals surface area contributed by atoms with Gasteiger partial charge in [0.2, 0.25) is 11.8 Å². The number of carbonyl (C=O) groups is 2. The predicted octanol–water partition coefficient (Wildman–Crippen LogP) is 0.326. The fourth-order valence-corrected chi connectivity index (χ4v) is 1.78. The first kappa shape index (κ1) is 13.0. The summed E-state index contributed by atoms with van der Waals surface area (Å²) in [6, 6.07) is -0.637. The number of nitrogens with one attached hydrogen (secondary N) is 1. The highest BCUT2D eigenvalue weighted by atomic mass is 16.5. The van der Waals surface area contributed by atoms with Gasteiger partial charge in [-0.05, 0) is 19.8 Å². The first-order chi connectivity index (χ1) is 7.59. The Hall–Kier alpha value is -1.10. The normalized spacial score (nSPS) is 19.1. The largest absolute Gasteiger partial charge is 0.368 e. The highest BCUT2D eigenvalue weighted by Gasteiger charge is 2.16. The Bertz CT molecular complexity index is 250. The molecule has 16 heavy (non-hydrogen) atoms. The zero-order valence-corrected chi connectivity index (χ0v) is 9.70. The lowest BCUT2D eigenvalue weighted by atomic mass is 9.98. The topological polar surface area (TPSA) is 81.4 Å². The van der Waals surface area contributed by atoms with Gasteiger partial charge in [-0.25, -0.2) is 0 Å². The van der Waals surface area contributed by atoms with E-state index in [1.54, 1.807) is 6.92 Å². The van der Waals surface area contributed by atoms with Crippen LogP contribution in [0.1, 0.15) is 39.0 Å². The lowest BCUT2D eigenvalue weighted by Gasteiger charge is -2.22. The number of hydrogen-bond donors (Lipinski definition) is 2. The molecule has 92 valence electrons. The molecule has 0 heterocycles. The molecule has 0 aliphatic heterocycles. The summed E-state index contributed by atoms with van der Waals surface area (Å²) in [6.07, 6.45) is 5.85. The maximum absolute atomic E-state index is 11.4. The zero-order chi connectivity index (χ0) is 12.0. The van der Waals surface area contributed by atoms with Crippen LogP contribution in [0.2, 0.25) is 0 Å². The molecule has 3 N–H and O–H groups in total. The molecule has 1 atom stereocenters. The van der Waals surface area contributed by atoms with Crippen molar-refractivity contribution in [2.75, 3.05) is 6.61 Å². The molecule has 0 aromatic heterocycles. The predicted molar refractivity (Wildman–Crippen MR) is 59.6 cm³/mol. The number of ether oxygens (including phenoxy) is 1. The average Bonchev–Trinajstić information content (AvgIpc) is 2.27. The van der Waals surface area contributed by atoms with E-state index in [9.17, 15) is 9.59 Å². The van der Waals surface area contributed by atoms with Crippen LogP contribution in [-0.4, -0.2) is 30.6 Å². The Kier molecular flexibility index (Phi) is 5.25. The minimum atomic E-state index is -0.637. The van der Waals surface area contributed by atoms with Crippen LogP contribution >= 0.6 is 0 Å². The summed E-state index contributed by atoms with van der Waals surface area (Å²) in [5, 5.41) is 2.48. The number of rotatable bonds is 5. The minimum Gasteiger partial charge on any atom is -0.368 e. The Balaban J connectivity index is 2.16. The summed E-state index contributed by atoms with van der Waals surface area (Å²) >= 11 is 0. The molecule has 2 amide bonds. The molecule has 0 unspecified atom stereocenters. The van der Waals surface area contributed by atoms with E-state index >= 15 is 0 Å². The monoisotopic (exact) mass is 228 g/mol. The van der Waals surface area contributed by atoms with Gasteiger partial charge >= 0.3 is 0 Å². The number of primary amides is 1. The first-order valence-corrected chi connectivity index (χ1v) is 5.80. The lowest BCUT2D eigenvalue weighted by molar-refractivity contribution is -0.132. The van der Waals surface area contributed by atoms with Gasteiger partial charge in [-0.1, -0.05) is 19.3 Å². The van der Waals surface area contributed by atoms with Crippen LogP contribution in [0.25, 0.3) is 0 Å². The van der Waals surface area contributed by atoms with Gasteiger partial charge in [0, 0.05) is 0 Å². The summed E-state index contributed by atoms with van der Waals surface area (Å²) in [6.45, 7) is 1.57. The van der Waals surface area contributed by atoms with Gasteiger partial charge in [0.15, 0.2) is 0 Å². The summed E-state index contributed by atoms with van der Waals surface area (Å²) in [5.74, 6) is -0.817. The molecule has 0 aromatic rings. The van der Waals surface area contributed by atoms with Crippen LogP contribution in [0.3, 0.4) is 0 Å². The van der Waals surface area contributed by atoms with Crippen LogP contribution in [0.4, 0.5) is 0 Å². The van der Waals surface area contributed by atoms with Gasteiger partial charge in [-0.3, -0.25) is 9.59 Å². The van der Waals surface area contributed by atoms with Crippen LogP contribution in [0.15, 0.2) is 0 Å². The maximum Gasteiger partial charge on any atom is 0.246 e. The lowest BCUT2D eigenvalue weighted by Crippen LogP contribution is -2.44. The summed E-state index contributed by atoms with van der Waals surface area (Å²) in [5.41, 5.74) is 5.03. The van der Waals surface area contributed by atoms with E-state index < -0.39 is 11.9 Å². The van der Waals surface area contributed by atoms with Crippen molar-refractivity contribution in [2.24, 2.45) is 5.73 Å². The third kappa shape index (κ3) is 4.61. The quantitative estimate of drug-likeness (QED) is 0.711. The SMILES string of the molecule is C[C@H](NC(=O)COC1CCCCC1)C(N)=O. The third-order valence-electron chi connectivity index (χ3n) is 2.81. The van der Waals surface area contributed by atoms with E-state index in [0.29, 0.717) is 0 Å². The van der Waals surface area contributed by atoms with Crippen molar-refractivity contribution in [1.82, 2.24) is 5.32 Å². The Labute approximate surface area is 95.7 Å². The van der Waals surface area contributed by atoms with E-state index in [4.69, 9.17) is 10.5 Å². The molecular weight excluding hydrogens is 208 g/mol. The molecule has 5 heteroatoms. The maximum atomic E-state index is 11.4. The van der Waals surface area contributed by atoms with Crippen LogP contribution in [-0.2, 0) is 14.3 Å². The molecule has 1 rings (SSSR count). The third-order valence-corrected chi connectivity index (χ3v) is 2.81. The summed E-state index contributed by atoms with van der Waals surface area (Å²) < 4.78 is 5.46. The standard InChI is InChI=1S/C11H20N2O3/c1-8(11(12)15)13-10(14)7-16-9-5-3-2-4-6-9/h8-9H,2-7H2,1H3,(H2,12,15)(H,13,14)/t8-/m0/s1. The Morgan fingerprint density at radius 1 is 1.38 bits per heavy atom. The number of amides is 2. The molecule has 5 nitrogen and oxygen atoms in total.